The van der Waals surface area contributed by atoms with Gasteiger partial charge in [0.25, 0.3) is 5.91 Å². The smallest absolute Gasteiger partial charge is 0.325 e. The van der Waals surface area contributed by atoms with E-state index >= 15 is 0 Å². The zero-order valence-electron chi connectivity index (χ0n) is 16.9. The number of aliphatic hydroxyl groups excluding tert-OH is 1. The molecule has 1 spiro atoms. The first-order valence-electron chi connectivity index (χ1n) is 10.00. The molecule has 2 heterocycles. The molecule has 1 aromatic heterocycles. The fourth-order valence-corrected chi connectivity index (χ4v) is 5.24. The molecule has 3 amide bonds. The van der Waals surface area contributed by atoms with E-state index < -0.39 is 42.8 Å². The number of aryl methyl sites for hydroxylation is 1. The van der Waals surface area contributed by atoms with Crippen LogP contribution in [0.5, 0.6) is 0 Å². The molecule has 0 radical (unpaired) electrons. The highest BCUT2D eigenvalue weighted by Gasteiger charge is 2.55. The molecule has 31 heavy (non-hydrogen) atoms. The van der Waals surface area contributed by atoms with Gasteiger partial charge in [-0.1, -0.05) is 18.2 Å². The van der Waals surface area contributed by atoms with Crippen molar-refractivity contribution in [3.05, 3.63) is 46.3 Å². The number of carbonyl (C=O) groups is 3. The molecule has 1 saturated heterocycles. The number of rotatable bonds is 5. The van der Waals surface area contributed by atoms with E-state index in [1.807, 2.05) is 25.1 Å². The Hall–Kier alpha value is -2.65. The molecule has 0 atom stereocenters. The summed E-state index contributed by atoms with van der Waals surface area (Å²) in [6.07, 6.45) is -1.22. The van der Waals surface area contributed by atoms with Gasteiger partial charge in [-0.15, -0.1) is 11.3 Å². The van der Waals surface area contributed by atoms with Crippen LogP contribution in [0.4, 0.5) is 13.6 Å². The van der Waals surface area contributed by atoms with Crippen LogP contribution in [0, 0.1) is 6.92 Å². The number of imide groups is 1. The molecule has 2 N–H and O–H groups in total. The van der Waals surface area contributed by atoms with Gasteiger partial charge in [0.15, 0.2) is 5.78 Å². The zero-order chi connectivity index (χ0) is 22.4. The van der Waals surface area contributed by atoms with E-state index in [1.54, 1.807) is 12.1 Å². The Morgan fingerprint density at radius 2 is 1.90 bits per heavy atom. The Labute approximate surface area is 181 Å². The number of amides is 3. The first-order chi connectivity index (χ1) is 14.6. The van der Waals surface area contributed by atoms with E-state index in [-0.39, 0.29) is 25.2 Å². The molecular weight excluding hydrogens is 426 g/mol. The van der Waals surface area contributed by atoms with Gasteiger partial charge in [0.05, 0.1) is 18.0 Å². The van der Waals surface area contributed by atoms with Gasteiger partial charge in [0.2, 0.25) is 5.92 Å². The Morgan fingerprint density at radius 3 is 2.58 bits per heavy atom. The van der Waals surface area contributed by atoms with Gasteiger partial charge in [-0.05, 0) is 48.6 Å². The topological polar surface area (TPSA) is 86.7 Å². The maximum atomic E-state index is 13.5. The second-order valence-electron chi connectivity index (χ2n) is 8.16. The number of benzene rings is 1. The number of nitrogens with one attached hydrogen (secondary N) is 1. The van der Waals surface area contributed by atoms with Crippen LogP contribution in [0.1, 0.15) is 46.5 Å². The van der Waals surface area contributed by atoms with Crippen molar-refractivity contribution >= 4 is 29.1 Å². The summed E-state index contributed by atoms with van der Waals surface area (Å²) >= 11 is 1.25. The SMILES string of the molecule is Cc1cc(C(=O)CN2C(=O)NC3(CCC(F)(F)CC3)C2=O)sc1-c1cccc(CO)c1. The minimum absolute atomic E-state index is 0.0933. The monoisotopic (exact) mass is 448 g/mol. The van der Waals surface area contributed by atoms with Crippen molar-refractivity contribution in [3.63, 3.8) is 0 Å². The average Bonchev–Trinajstić information content (AvgIpc) is 3.24. The van der Waals surface area contributed by atoms with Crippen molar-refractivity contribution in [3.8, 4) is 10.4 Å². The van der Waals surface area contributed by atoms with Gasteiger partial charge in [0, 0.05) is 17.7 Å². The number of alkyl halides is 2. The van der Waals surface area contributed by atoms with Crippen LogP contribution in [0.25, 0.3) is 10.4 Å². The summed E-state index contributed by atoms with van der Waals surface area (Å²) in [5.74, 6) is -3.83. The third-order valence-electron chi connectivity index (χ3n) is 5.95. The van der Waals surface area contributed by atoms with E-state index in [1.165, 1.54) is 11.3 Å². The average molecular weight is 448 g/mol. The third-order valence-corrected chi connectivity index (χ3v) is 7.27. The Kier molecular flexibility index (Phi) is 5.43. The Morgan fingerprint density at radius 1 is 1.19 bits per heavy atom. The summed E-state index contributed by atoms with van der Waals surface area (Å²) in [4.78, 5) is 40.2. The second-order valence-corrected chi connectivity index (χ2v) is 9.22. The van der Waals surface area contributed by atoms with Crippen molar-refractivity contribution in [2.75, 3.05) is 6.54 Å². The van der Waals surface area contributed by atoms with Crippen molar-refractivity contribution in [1.82, 2.24) is 10.2 Å². The van der Waals surface area contributed by atoms with Gasteiger partial charge in [0.1, 0.15) is 5.54 Å². The summed E-state index contributed by atoms with van der Waals surface area (Å²) in [5, 5.41) is 11.9. The van der Waals surface area contributed by atoms with Crippen LogP contribution in [-0.4, -0.2) is 45.7 Å². The lowest BCUT2D eigenvalue weighted by molar-refractivity contribution is -0.135. The number of hydrogen-bond acceptors (Lipinski definition) is 5. The summed E-state index contributed by atoms with van der Waals surface area (Å²) < 4.78 is 27.0. The highest BCUT2D eigenvalue weighted by atomic mass is 32.1. The summed E-state index contributed by atoms with van der Waals surface area (Å²) in [7, 11) is 0. The molecule has 1 saturated carbocycles. The number of urea groups is 1. The molecule has 1 aliphatic carbocycles. The lowest BCUT2D eigenvalue weighted by atomic mass is 9.80. The molecule has 1 aromatic carbocycles. The first kappa shape index (κ1) is 21.6. The molecule has 2 aromatic rings. The molecule has 6 nitrogen and oxygen atoms in total. The van der Waals surface area contributed by atoms with E-state index in [4.69, 9.17) is 0 Å². The summed E-state index contributed by atoms with van der Waals surface area (Å²) in [6, 6.07) is 8.34. The van der Waals surface area contributed by atoms with E-state index in [0.29, 0.717) is 4.88 Å². The van der Waals surface area contributed by atoms with Crippen LogP contribution in [0.2, 0.25) is 0 Å². The minimum Gasteiger partial charge on any atom is -0.392 e. The van der Waals surface area contributed by atoms with E-state index in [9.17, 15) is 28.3 Å². The van der Waals surface area contributed by atoms with Gasteiger partial charge in [-0.2, -0.15) is 0 Å². The van der Waals surface area contributed by atoms with Gasteiger partial charge >= 0.3 is 6.03 Å². The number of nitrogens with zero attached hydrogens (tertiary/aromatic N) is 1. The number of hydrogen-bond donors (Lipinski definition) is 2. The van der Waals surface area contributed by atoms with Crippen LogP contribution in [-0.2, 0) is 11.4 Å². The van der Waals surface area contributed by atoms with E-state index in [2.05, 4.69) is 5.32 Å². The molecule has 1 aliphatic heterocycles. The maximum Gasteiger partial charge on any atom is 0.325 e. The van der Waals surface area contributed by atoms with Crippen LogP contribution in [0.3, 0.4) is 0 Å². The quantitative estimate of drug-likeness (QED) is 0.537. The van der Waals surface area contributed by atoms with Crippen LogP contribution >= 0.6 is 11.3 Å². The Balaban J connectivity index is 1.51. The molecule has 4 rings (SSSR count). The predicted molar refractivity (Wildman–Crippen MR) is 111 cm³/mol. The molecule has 9 heteroatoms. The van der Waals surface area contributed by atoms with Crippen LogP contribution in [0.15, 0.2) is 30.3 Å². The van der Waals surface area contributed by atoms with Crippen molar-refractivity contribution in [2.45, 2.75) is 50.7 Å². The normalized spacial score (nSPS) is 19.7. The molecule has 2 fully saturated rings. The Bertz CT molecular complexity index is 1060. The minimum atomic E-state index is -2.84. The van der Waals surface area contributed by atoms with Crippen molar-refractivity contribution in [2.24, 2.45) is 0 Å². The first-order valence-corrected chi connectivity index (χ1v) is 10.8. The highest BCUT2D eigenvalue weighted by molar-refractivity contribution is 7.17. The fourth-order valence-electron chi connectivity index (χ4n) is 4.14. The molecule has 2 aliphatic rings. The standard InChI is InChI=1S/C22H22F2N2O4S/c1-13-9-17(31-18(13)15-4-2-3-14(10-15)12-27)16(28)11-26-19(29)21(25-20(26)30)5-7-22(23,24)8-6-21/h2-4,9-10,27H,5-8,11-12H2,1H3,(H,25,30). The number of Topliss-reactive ketones (excluding diaryl/α,β-unsaturated/α-hetero) is 1. The molecule has 0 bridgehead atoms. The van der Waals surface area contributed by atoms with Gasteiger partial charge in [-0.3, -0.25) is 14.5 Å². The summed E-state index contributed by atoms with van der Waals surface area (Å²) in [6.45, 7) is 1.34. The lowest BCUT2D eigenvalue weighted by Crippen LogP contribution is -2.51. The number of ketones is 1. The molecular formula is C22H22F2N2O4S. The summed E-state index contributed by atoms with van der Waals surface area (Å²) in [5.41, 5.74) is 1.15. The molecule has 164 valence electrons. The number of aliphatic hydroxyl groups is 1. The fraction of sp³-hybridized carbons (Fsp3) is 0.409. The van der Waals surface area contributed by atoms with Gasteiger partial charge in [-0.25, -0.2) is 13.6 Å². The number of halogens is 2. The second kappa shape index (κ2) is 7.80. The zero-order valence-corrected chi connectivity index (χ0v) is 17.7. The van der Waals surface area contributed by atoms with E-state index in [0.717, 1.165) is 26.5 Å². The van der Waals surface area contributed by atoms with Crippen molar-refractivity contribution in [1.29, 1.82) is 0 Å². The lowest BCUT2D eigenvalue weighted by Gasteiger charge is -2.34. The van der Waals surface area contributed by atoms with Crippen LogP contribution < -0.4 is 5.32 Å². The van der Waals surface area contributed by atoms with Crippen molar-refractivity contribution < 1.29 is 28.3 Å². The molecule has 0 unspecified atom stereocenters. The highest BCUT2D eigenvalue weighted by Crippen LogP contribution is 2.41. The number of thiophene rings is 1. The number of carbonyl (C=O) groups excluding carboxylic acids is 3. The predicted octanol–water partition coefficient (Wildman–Crippen LogP) is 3.90. The van der Waals surface area contributed by atoms with Gasteiger partial charge < -0.3 is 10.4 Å². The third kappa shape index (κ3) is 3.99. The largest absolute Gasteiger partial charge is 0.392 e. The maximum absolute atomic E-state index is 13.5.